The van der Waals surface area contributed by atoms with Crippen LogP contribution >= 0.6 is 0 Å². The Morgan fingerprint density at radius 3 is 2.05 bits per heavy atom. The molecule has 114 valence electrons. The SMILES string of the molecule is CCOC(=O)C(C)(C(=O)OCC)/[N+]([O-])=C/c1ccccc1. The Hall–Kier alpha value is -2.37. The van der Waals surface area contributed by atoms with Crippen molar-refractivity contribution in [2.45, 2.75) is 26.3 Å². The van der Waals surface area contributed by atoms with E-state index in [0.29, 0.717) is 5.56 Å². The van der Waals surface area contributed by atoms with Crippen molar-refractivity contribution in [3.05, 3.63) is 41.1 Å². The molecular formula is C15H19NO5. The number of carbonyl (C=O) groups excluding carboxylic acids is 2. The Balaban J connectivity index is 3.20. The van der Waals surface area contributed by atoms with E-state index in [2.05, 4.69) is 0 Å². The van der Waals surface area contributed by atoms with Crippen molar-refractivity contribution in [3.63, 3.8) is 0 Å². The van der Waals surface area contributed by atoms with Gasteiger partial charge in [0.15, 0.2) is 6.21 Å². The zero-order valence-electron chi connectivity index (χ0n) is 12.4. The third-order valence-electron chi connectivity index (χ3n) is 2.85. The molecule has 1 aromatic carbocycles. The van der Waals surface area contributed by atoms with Crippen LogP contribution in [0, 0.1) is 5.21 Å². The van der Waals surface area contributed by atoms with Gasteiger partial charge in [0.2, 0.25) is 0 Å². The number of esters is 2. The predicted molar refractivity (Wildman–Crippen MR) is 76.9 cm³/mol. The largest absolute Gasteiger partial charge is 0.623 e. The van der Waals surface area contributed by atoms with Gasteiger partial charge in [0.1, 0.15) is 0 Å². The zero-order valence-corrected chi connectivity index (χ0v) is 12.4. The van der Waals surface area contributed by atoms with E-state index < -0.39 is 17.5 Å². The summed E-state index contributed by atoms with van der Waals surface area (Å²) in [5.74, 6) is -1.88. The lowest BCUT2D eigenvalue weighted by atomic mass is 10.0. The van der Waals surface area contributed by atoms with Gasteiger partial charge in [-0.15, -0.1) is 0 Å². The van der Waals surface area contributed by atoms with Crippen molar-refractivity contribution in [3.8, 4) is 0 Å². The minimum Gasteiger partial charge on any atom is -0.623 e. The second-order valence-electron chi connectivity index (χ2n) is 4.38. The molecule has 0 aliphatic carbocycles. The Labute approximate surface area is 123 Å². The van der Waals surface area contributed by atoms with E-state index in [9.17, 15) is 14.8 Å². The molecule has 0 aromatic heterocycles. The van der Waals surface area contributed by atoms with Gasteiger partial charge < -0.3 is 14.7 Å². The molecule has 0 atom stereocenters. The van der Waals surface area contributed by atoms with Gasteiger partial charge in [-0.05, 0) is 26.0 Å². The Bertz CT molecular complexity index is 506. The van der Waals surface area contributed by atoms with Crippen LogP contribution in [0.1, 0.15) is 26.3 Å². The van der Waals surface area contributed by atoms with E-state index in [1.165, 1.54) is 6.92 Å². The predicted octanol–water partition coefficient (Wildman–Crippen LogP) is 1.50. The molecular weight excluding hydrogens is 274 g/mol. The first-order chi connectivity index (χ1) is 9.96. The van der Waals surface area contributed by atoms with Crippen molar-refractivity contribution >= 4 is 18.2 Å². The molecule has 1 aromatic rings. The number of nitrogens with zero attached hydrogens (tertiary/aromatic N) is 1. The van der Waals surface area contributed by atoms with Crippen LogP contribution in [0.15, 0.2) is 30.3 Å². The number of benzene rings is 1. The second-order valence-corrected chi connectivity index (χ2v) is 4.38. The van der Waals surface area contributed by atoms with E-state index in [4.69, 9.17) is 9.47 Å². The Morgan fingerprint density at radius 2 is 1.62 bits per heavy atom. The molecule has 0 spiro atoms. The van der Waals surface area contributed by atoms with E-state index in [1.54, 1.807) is 44.2 Å². The highest BCUT2D eigenvalue weighted by Crippen LogP contribution is 2.15. The van der Waals surface area contributed by atoms with Crippen LogP contribution in [0.4, 0.5) is 0 Å². The van der Waals surface area contributed by atoms with Crippen LogP contribution in [0.3, 0.4) is 0 Å². The van der Waals surface area contributed by atoms with E-state index >= 15 is 0 Å². The Morgan fingerprint density at radius 1 is 1.14 bits per heavy atom. The first-order valence-electron chi connectivity index (χ1n) is 6.67. The molecule has 0 heterocycles. The summed E-state index contributed by atoms with van der Waals surface area (Å²) in [6.45, 7) is 4.51. The molecule has 21 heavy (non-hydrogen) atoms. The standard InChI is InChI=1S/C15H19NO5/c1-4-20-13(17)15(3,14(18)21-5-2)16(19)11-12-9-7-6-8-10-12/h6-11H,4-5H2,1-3H3/b16-11-. The van der Waals surface area contributed by atoms with Gasteiger partial charge in [0.05, 0.1) is 13.2 Å². The third-order valence-corrected chi connectivity index (χ3v) is 2.85. The average molecular weight is 293 g/mol. The number of ether oxygens (including phenoxy) is 2. The monoisotopic (exact) mass is 293 g/mol. The zero-order chi connectivity index (χ0) is 15.9. The summed E-state index contributed by atoms with van der Waals surface area (Å²) in [4.78, 5) is 24.1. The lowest BCUT2D eigenvalue weighted by Crippen LogP contribution is -2.53. The molecule has 0 bridgehead atoms. The highest BCUT2D eigenvalue weighted by Gasteiger charge is 2.53. The molecule has 0 aliphatic heterocycles. The maximum absolute atomic E-state index is 12.3. The summed E-state index contributed by atoms with van der Waals surface area (Å²) in [5, 5.41) is 12.3. The first kappa shape index (κ1) is 16.7. The number of hydrogen-bond acceptors (Lipinski definition) is 5. The van der Waals surface area contributed by atoms with Gasteiger partial charge in [0, 0.05) is 12.5 Å². The molecule has 0 saturated carbocycles. The van der Waals surface area contributed by atoms with Crippen molar-refractivity contribution in [1.29, 1.82) is 0 Å². The number of hydroxylamine groups is 1. The fourth-order valence-corrected chi connectivity index (χ4v) is 1.61. The molecule has 1 rings (SSSR count). The van der Waals surface area contributed by atoms with Crippen LogP contribution in [-0.4, -0.2) is 41.6 Å². The van der Waals surface area contributed by atoms with Crippen LogP contribution < -0.4 is 0 Å². The van der Waals surface area contributed by atoms with Crippen molar-refractivity contribution in [1.82, 2.24) is 0 Å². The summed E-state index contributed by atoms with van der Waals surface area (Å²) < 4.78 is 9.94. The molecule has 0 N–H and O–H groups in total. The number of carbonyl (C=O) groups is 2. The fourth-order valence-electron chi connectivity index (χ4n) is 1.61. The molecule has 0 unspecified atom stereocenters. The van der Waals surface area contributed by atoms with Gasteiger partial charge in [-0.25, -0.2) is 9.59 Å². The van der Waals surface area contributed by atoms with Gasteiger partial charge in [-0.3, -0.25) is 0 Å². The molecule has 0 aliphatic rings. The fraction of sp³-hybridized carbons (Fsp3) is 0.400. The van der Waals surface area contributed by atoms with Gasteiger partial charge >= 0.3 is 17.5 Å². The lowest BCUT2D eigenvalue weighted by Gasteiger charge is -2.23. The van der Waals surface area contributed by atoms with Crippen LogP contribution in [0.2, 0.25) is 0 Å². The van der Waals surface area contributed by atoms with Crippen molar-refractivity contribution < 1.29 is 23.8 Å². The van der Waals surface area contributed by atoms with E-state index in [1.807, 2.05) is 0 Å². The average Bonchev–Trinajstić information content (AvgIpc) is 2.47. The first-order valence-corrected chi connectivity index (χ1v) is 6.67. The molecule has 6 nitrogen and oxygen atoms in total. The van der Waals surface area contributed by atoms with Crippen LogP contribution in [0.5, 0.6) is 0 Å². The van der Waals surface area contributed by atoms with E-state index in [0.717, 1.165) is 6.21 Å². The third kappa shape index (κ3) is 3.81. The molecule has 6 heteroatoms. The van der Waals surface area contributed by atoms with E-state index in [-0.39, 0.29) is 18.0 Å². The molecule has 0 fully saturated rings. The topological polar surface area (TPSA) is 78.7 Å². The summed E-state index contributed by atoms with van der Waals surface area (Å²) in [7, 11) is 0. The normalized spacial score (nSPS) is 11.9. The van der Waals surface area contributed by atoms with Crippen molar-refractivity contribution in [2.24, 2.45) is 0 Å². The second kappa shape index (κ2) is 7.42. The molecule has 0 radical (unpaired) electrons. The van der Waals surface area contributed by atoms with Gasteiger partial charge in [-0.2, -0.15) is 4.74 Å². The van der Waals surface area contributed by atoms with Gasteiger partial charge in [-0.1, -0.05) is 18.2 Å². The highest BCUT2D eigenvalue weighted by atomic mass is 16.6. The van der Waals surface area contributed by atoms with Gasteiger partial charge in [0.25, 0.3) is 0 Å². The summed E-state index contributed by atoms with van der Waals surface area (Å²) >= 11 is 0. The van der Waals surface area contributed by atoms with Crippen LogP contribution in [-0.2, 0) is 19.1 Å². The minimum atomic E-state index is -2.07. The summed E-state index contributed by atoms with van der Waals surface area (Å²) in [6, 6.07) is 8.64. The summed E-state index contributed by atoms with van der Waals surface area (Å²) in [6.07, 6.45) is 1.16. The summed E-state index contributed by atoms with van der Waals surface area (Å²) in [5.41, 5.74) is -1.51. The number of hydrogen-bond donors (Lipinski definition) is 0. The lowest BCUT2D eigenvalue weighted by molar-refractivity contribution is -0.512. The maximum atomic E-state index is 12.3. The smallest absolute Gasteiger partial charge is 0.392 e. The van der Waals surface area contributed by atoms with Crippen molar-refractivity contribution in [2.75, 3.05) is 13.2 Å². The highest BCUT2D eigenvalue weighted by molar-refractivity contribution is 6.03. The van der Waals surface area contributed by atoms with Crippen LogP contribution in [0.25, 0.3) is 0 Å². The molecule has 0 saturated heterocycles. The quantitative estimate of drug-likeness (QED) is 0.198. The number of rotatable bonds is 6. The minimum absolute atomic E-state index is 0.0625. The molecule has 0 amide bonds. The Kier molecular flexibility index (Phi) is 5.90. The maximum Gasteiger partial charge on any atom is 0.392 e.